The van der Waals surface area contributed by atoms with Crippen molar-refractivity contribution in [2.75, 3.05) is 7.11 Å². The Hall–Kier alpha value is -3.05. The minimum Gasteiger partial charge on any atom is -0.496 e. The molecule has 0 spiro atoms. The third-order valence-electron chi connectivity index (χ3n) is 6.99. The van der Waals surface area contributed by atoms with Crippen LogP contribution in [0.5, 0.6) is 5.75 Å². The first-order valence-corrected chi connectivity index (χ1v) is 9.93. The average molecular weight is 444 g/mol. The van der Waals surface area contributed by atoms with Crippen molar-refractivity contribution < 1.29 is 43.9 Å². The molecule has 1 aliphatic heterocycles. The van der Waals surface area contributed by atoms with Crippen LogP contribution >= 0.6 is 0 Å². The lowest BCUT2D eigenvalue weighted by Crippen LogP contribution is -2.69. The molecule has 10 nitrogen and oxygen atoms in total. The molecule has 1 aromatic heterocycles. The van der Waals surface area contributed by atoms with Crippen molar-refractivity contribution in [3.63, 3.8) is 0 Å². The topological polar surface area (TPSA) is 164 Å². The zero-order valence-electron chi connectivity index (χ0n) is 16.8. The third kappa shape index (κ3) is 2.29. The van der Waals surface area contributed by atoms with Crippen LogP contribution in [0.25, 0.3) is 0 Å². The Kier molecular flexibility index (Phi) is 4.22. The number of ketones is 1. The quantitative estimate of drug-likeness (QED) is 0.344. The minimum absolute atomic E-state index is 0.0218. The molecule has 32 heavy (non-hydrogen) atoms. The maximum Gasteiger partial charge on any atom is 0.342 e. The molecule has 3 bridgehead atoms. The lowest BCUT2D eigenvalue weighted by molar-refractivity contribution is -0.252. The van der Waals surface area contributed by atoms with Crippen LogP contribution in [0, 0.1) is 5.92 Å². The van der Waals surface area contributed by atoms with Gasteiger partial charge in [-0.25, -0.2) is 9.59 Å². The summed E-state index contributed by atoms with van der Waals surface area (Å²) in [7, 11) is 1.28. The highest BCUT2D eigenvalue weighted by Crippen LogP contribution is 2.67. The summed E-state index contributed by atoms with van der Waals surface area (Å²) in [6.07, 6.45) is -3.76. The van der Waals surface area contributed by atoms with Gasteiger partial charge in [-0.05, 0) is 0 Å². The number of Topliss-reactive ketones (excluding diaryl/α,β-unsaturated/α-hetero) is 1. The van der Waals surface area contributed by atoms with E-state index in [1.54, 1.807) is 18.2 Å². The number of aliphatic hydroxyl groups is 4. The van der Waals surface area contributed by atoms with Gasteiger partial charge in [0.1, 0.15) is 34.9 Å². The lowest BCUT2D eigenvalue weighted by atomic mass is 9.65. The first kappa shape index (κ1) is 20.8. The molecule has 2 heterocycles. The summed E-state index contributed by atoms with van der Waals surface area (Å²) >= 11 is 0. The van der Waals surface area contributed by atoms with Crippen molar-refractivity contribution in [1.29, 1.82) is 0 Å². The van der Waals surface area contributed by atoms with Crippen molar-refractivity contribution in [3.8, 4) is 5.75 Å². The highest BCUT2D eigenvalue weighted by molar-refractivity contribution is 6.05. The van der Waals surface area contributed by atoms with E-state index in [1.807, 2.05) is 0 Å². The lowest BCUT2D eigenvalue weighted by Gasteiger charge is -2.50. The van der Waals surface area contributed by atoms with Crippen molar-refractivity contribution in [2.24, 2.45) is 5.92 Å². The van der Waals surface area contributed by atoms with E-state index >= 15 is 0 Å². The number of rotatable bonds is 4. The summed E-state index contributed by atoms with van der Waals surface area (Å²) < 4.78 is 15.4. The summed E-state index contributed by atoms with van der Waals surface area (Å²) in [5.74, 6) is -6.31. The second-order valence-electron chi connectivity index (χ2n) is 8.49. The van der Waals surface area contributed by atoms with Crippen LogP contribution in [0.3, 0.4) is 0 Å². The van der Waals surface area contributed by atoms with Crippen LogP contribution in [0.4, 0.5) is 0 Å². The molecule has 0 amide bonds. The van der Waals surface area contributed by atoms with Gasteiger partial charge in [-0.15, -0.1) is 0 Å². The van der Waals surface area contributed by atoms with Gasteiger partial charge in [0.15, 0.2) is 5.78 Å². The number of aliphatic hydroxyl groups excluding tert-OH is 1. The maximum absolute atomic E-state index is 13.5. The summed E-state index contributed by atoms with van der Waals surface area (Å²) in [6, 6.07) is 9.75. The molecule has 3 aliphatic rings. The fourth-order valence-electron chi connectivity index (χ4n) is 5.68. The number of hydrogen-bond donors (Lipinski definition) is 4. The van der Waals surface area contributed by atoms with Crippen LogP contribution in [0.1, 0.15) is 28.5 Å². The van der Waals surface area contributed by atoms with Crippen molar-refractivity contribution in [1.82, 2.24) is 0 Å². The third-order valence-corrected chi connectivity index (χ3v) is 6.99. The number of carbonyl (C=O) groups excluding carboxylic acids is 2. The van der Waals surface area contributed by atoms with E-state index in [4.69, 9.17) is 13.9 Å². The molecule has 3 fully saturated rings. The van der Waals surface area contributed by atoms with Crippen LogP contribution in [-0.4, -0.2) is 68.3 Å². The van der Waals surface area contributed by atoms with E-state index < -0.39 is 64.6 Å². The molecular formula is C22H20O10. The second kappa shape index (κ2) is 6.48. The predicted octanol–water partition coefficient (Wildman–Crippen LogP) is -0.872. The van der Waals surface area contributed by atoms with E-state index in [1.165, 1.54) is 25.3 Å². The van der Waals surface area contributed by atoms with E-state index in [0.29, 0.717) is 0 Å². The van der Waals surface area contributed by atoms with Gasteiger partial charge < -0.3 is 34.3 Å². The van der Waals surface area contributed by atoms with Gasteiger partial charge in [-0.3, -0.25) is 4.79 Å². The van der Waals surface area contributed by atoms with Gasteiger partial charge in [0.25, 0.3) is 0 Å². The highest BCUT2D eigenvalue weighted by Gasteiger charge is 2.88. The van der Waals surface area contributed by atoms with Gasteiger partial charge in [-0.2, -0.15) is 0 Å². The molecular weight excluding hydrogens is 424 g/mol. The van der Waals surface area contributed by atoms with Gasteiger partial charge in [-0.1, -0.05) is 30.3 Å². The first-order valence-electron chi connectivity index (χ1n) is 9.93. The van der Waals surface area contributed by atoms with Crippen LogP contribution < -0.4 is 10.4 Å². The molecule has 1 unspecified atom stereocenters. The van der Waals surface area contributed by atoms with Gasteiger partial charge >= 0.3 is 11.6 Å². The van der Waals surface area contributed by atoms with Crippen molar-refractivity contribution in [3.05, 3.63) is 64.2 Å². The Morgan fingerprint density at radius 2 is 1.81 bits per heavy atom. The zero-order valence-corrected chi connectivity index (χ0v) is 16.8. The van der Waals surface area contributed by atoms with E-state index in [9.17, 15) is 34.8 Å². The molecule has 7 atom stereocenters. The number of methoxy groups -OCH3 is 1. The standard InChI is InChI=1S/C22H20O10/c1-30-11-7-12(31-14(23)8-11)16-20(27)9-13-18(25)21(16,28)17(22(20,29)19(26)32-13)15(24)10-5-3-2-4-6-10/h2-8,13,16-18,25,27-29H,9H2,1H3/t13-,16-,17+,18?,20-,21+,22+/m1/s1. The molecule has 1 aromatic carbocycles. The van der Waals surface area contributed by atoms with E-state index in [-0.39, 0.29) is 17.1 Å². The van der Waals surface area contributed by atoms with E-state index in [2.05, 4.69) is 0 Å². The number of fused-ring (bicyclic) bond motifs is 2. The van der Waals surface area contributed by atoms with Gasteiger partial charge in [0, 0.05) is 18.1 Å². The Bertz CT molecular complexity index is 1170. The number of benzene rings is 1. The Morgan fingerprint density at radius 1 is 1.12 bits per heavy atom. The number of esters is 1. The predicted molar refractivity (Wildman–Crippen MR) is 104 cm³/mol. The highest BCUT2D eigenvalue weighted by atomic mass is 16.6. The molecule has 1 saturated heterocycles. The Morgan fingerprint density at radius 3 is 2.47 bits per heavy atom. The molecule has 4 N–H and O–H groups in total. The number of hydrogen-bond acceptors (Lipinski definition) is 10. The second-order valence-corrected chi connectivity index (χ2v) is 8.49. The normalized spacial score (nSPS) is 39.6. The van der Waals surface area contributed by atoms with Crippen LogP contribution in [-0.2, 0) is 9.53 Å². The minimum atomic E-state index is -2.92. The molecule has 2 saturated carbocycles. The van der Waals surface area contributed by atoms with Crippen molar-refractivity contribution >= 4 is 11.8 Å². The number of ether oxygens (including phenoxy) is 2. The summed E-state index contributed by atoms with van der Waals surface area (Å²) in [6.45, 7) is 0. The van der Waals surface area contributed by atoms with Crippen molar-refractivity contribution in [2.45, 2.75) is 41.3 Å². The Balaban J connectivity index is 1.80. The first-order chi connectivity index (χ1) is 15.1. The Labute approximate surface area is 180 Å². The zero-order chi connectivity index (χ0) is 23.1. The monoisotopic (exact) mass is 444 g/mol. The fraction of sp³-hybridized carbons (Fsp3) is 0.409. The molecule has 2 aliphatic carbocycles. The van der Waals surface area contributed by atoms with E-state index in [0.717, 1.165) is 6.07 Å². The van der Waals surface area contributed by atoms with Crippen LogP contribution in [0.2, 0.25) is 0 Å². The van der Waals surface area contributed by atoms with Gasteiger partial charge in [0.05, 0.1) is 25.0 Å². The SMILES string of the molecule is COc1cc([C@H]2[C@@]3(O)C(O)[C@H]4C[C@]2(O)[C@@](O)(C(=O)O4)[C@H]3C(=O)c2ccccc2)oc(=O)c1. The maximum atomic E-state index is 13.5. The molecule has 0 radical (unpaired) electrons. The molecule has 10 heteroatoms. The fourth-order valence-corrected chi connectivity index (χ4v) is 5.68. The summed E-state index contributed by atoms with van der Waals surface area (Å²) in [5, 5.41) is 46.1. The largest absolute Gasteiger partial charge is 0.496 e. The molecule has 168 valence electrons. The smallest absolute Gasteiger partial charge is 0.342 e. The van der Waals surface area contributed by atoms with Crippen LogP contribution in [0.15, 0.2) is 51.7 Å². The average Bonchev–Trinajstić information content (AvgIpc) is 2.87. The summed E-state index contributed by atoms with van der Waals surface area (Å²) in [4.78, 5) is 38.5. The summed E-state index contributed by atoms with van der Waals surface area (Å²) in [5.41, 5.74) is -8.89. The van der Waals surface area contributed by atoms with Gasteiger partial charge in [0.2, 0.25) is 5.60 Å². The molecule has 2 aromatic rings. The molecule has 5 rings (SSSR count). The number of carbonyl (C=O) groups is 2.